The van der Waals surface area contributed by atoms with E-state index in [-0.39, 0.29) is 11.3 Å². The third-order valence-corrected chi connectivity index (χ3v) is 5.19. The summed E-state index contributed by atoms with van der Waals surface area (Å²) in [7, 11) is 0. The number of aryl methyl sites for hydroxylation is 1. The highest BCUT2D eigenvalue weighted by molar-refractivity contribution is 5.97. The molecule has 1 aliphatic heterocycles. The van der Waals surface area contributed by atoms with Crippen LogP contribution in [0.1, 0.15) is 44.7 Å². The fourth-order valence-electron chi connectivity index (χ4n) is 3.61. The molecular weight excluding hydrogens is 328 g/mol. The predicted octanol–water partition coefficient (Wildman–Crippen LogP) is 2.57. The standard InChI is InChI=1S/C21H24N2O3/c1-15-4-2-3-5-18(15)21(10-12-26-13-11-21)14-23-20(25)17-8-6-16(7-9-17)19(22)24/h2-9H,10-14H2,1H3,(H2,22,24)(H,23,25). The number of nitrogens with two attached hydrogens (primary N) is 1. The van der Waals surface area contributed by atoms with E-state index in [1.54, 1.807) is 24.3 Å². The van der Waals surface area contributed by atoms with E-state index in [0.29, 0.717) is 30.9 Å². The largest absolute Gasteiger partial charge is 0.381 e. The predicted molar refractivity (Wildman–Crippen MR) is 100 cm³/mol. The average molecular weight is 352 g/mol. The van der Waals surface area contributed by atoms with Crippen LogP contribution in [0.2, 0.25) is 0 Å². The molecule has 2 aromatic rings. The van der Waals surface area contributed by atoms with Crippen LogP contribution < -0.4 is 11.1 Å². The fraction of sp³-hybridized carbons (Fsp3) is 0.333. The number of amides is 2. The summed E-state index contributed by atoms with van der Waals surface area (Å²) >= 11 is 0. The summed E-state index contributed by atoms with van der Waals surface area (Å²) in [6, 6.07) is 14.7. The molecule has 26 heavy (non-hydrogen) atoms. The van der Waals surface area contributed by atoms with Crippen molar-refractivity contribution in [3.05, 3.63) is 70.8 Å². The van der Waals surface area contributed by atoms with Gasteiger partial charge in [-0.1, -0.05) is 24.3 Å². The van der Waals surface area contributed by atoms with E-state index in [9.17, 15) is 9.59 Å². The Kier molecular flexibility index (Phi) is 5.38. The maximum Gasteiger partial charge on any atom is 0.251 e. The Balaban J connectivity index is 1.77. The van der Waals surface area contributed by atoms with Crippen molar-refractivity contribution >= 4 is 11.8 Å². The molecule has 1 saturated heterocycles. The Morgan fingerprint density at radius 3 is 2.27 bits per heavy atom. The molecule has 0 aliphatic carbocycles. The highest BCUT2D eigenvalue weighted by Crippen LogP contribution is 2.36. The van der Waals surface area contributed by atoms with Gasteiger partial charge < -0.3 is 15.8 Å². The number of rotatable bonds is 5. The summed E-state index contributed by atoms with van der Waals surface area (Å²) in [5.74, 6) is -0.654. The second-order valence-electron chi connectivity index (χ2n) is 6.83. The van der Waals surface area contributed by atoms with Gasteiger partial charge in [-0.25, -0.2) is 0 Å². The van der Waals surface area contributed by atoms with Gasteiger partial charge in [0.25, 0.3) is 5.91 Å². The second-order valence-corrected chi connectivity index (χ2v) is 6.83. The molecule has 5 nitrogen and oxygen atoms in total. The normalized spacial score (nSPS) is 16.0. The van der Waals surface area contributed by atoms with Crippen LogP contribution in [0.3, 0.4) is 0 Å². The van der Waals surface area contributed by atoms with Crippen molar-refractivity contribution in [3.63, 3.8) is 0 Å². The zero-order chi connectivity index (χ0) is 18.6. The molecule has 2 amide bonds. The van der Waals surface area contributed by atoms with Gasteiger partial charge in [0.2, 0.25) is 5.91 Å². The van der Waals surface area contributed by atoms with Gasteiger partial charge in [-0.2, -0.15) is 0 Å². The summed E-state index contributed by atoms with van der Waals surface area (Å²) in [6.07, 6.45) is 1.75. The van der Waals surface area contributed by atoms with Crippen molar-refractivity contribution < 1.29 is 14.3 Å². The van der Waals surface area contributed by atoms with E-state index in [1.807, 2.05) is 12.1 Å². The number of benzene rings is 2. The van der Waals surface area contributed by atoms with Gasteiger partial charge in [0.15, 0.2) is 0 Å². The summed E-state index contributed by atoms with van der Waals surface area (Å²) in [5, 5.41) is 3.07. The zero-order valence-corrected chi connectivity index (χ0v) is 15.0. The van der Waals surface area contributed by atoms with E-state index in [1.165, 1.54) is 11.1 Å². The number of ether oxygens (including phenoxy) is 1. The van der Waals surface area contributed by atoms with Crippen molar-refractivity contribution in [3.8, 4) is 0 Å². The van der Waals surface area contributed by atoms with Gasteiger partial charge >= 0.3 is 0 Å². The number of primary amides is 1. The minimum Gasteiger partial charge on any atom is -0.381 e. The van der Waals surface area contributed by atoms with Crippen LogP contribution in [-0.4, -0.2) is 31.6 Å². The second kappa shape index (κ2) is 7.70. The van der Waals surface area contributed by atoms with Crippen LogP contribution in [0, 0.1) is 6.92 Å². The van der Waals surface area contributed by atoms with Gasteiger partial charge in [0.05, 0.1) is 0 Å². The minimum atomic E-state index is -0.502. The first kappa shape index (κ1) is 18.1. The first-order chi connectivity index (χ1) is 12.5. The van der Waals surface area contributed by atoms with E-state index in [4.69, 9.17) is 10.5 Å². The number of hydrogen-bond acceptors (Lipinski definition) is 3. The highest BCUT2D eigenvalue weighted by atomic mass is 16.5. The van der Waals surface area contributed by atoms with E-state index >= 15 is 0 Å². The van der Waals surface area contributed by atoms with E-state index in [0.717, 1.165) is 12.8 Å². The molecule has 0 saturated carbocycles. The lowest BCUT2D eigenvalue weighted by molar-refractivity contribution is 0.0485. The summed E-state index contributed by atoms with van der Waals surface area (Å²) in [6.45, 7) is 4.05. The molecule has 2 aromatic carbocycles. The number of carbonyl (C=O) groups is 2. The Hall–Kier alpha value is -2.66. The Labute approximate surface area is 153 Å². The van der Waals surface area contributed by atoms with Crippen LogP contribution in [0.25, 0.3) is 0 Å². The van der Waals surface area contributed by atoms with Crippen molar-refractivity contribution in [2.75, 3.05) is 19.8 Å². The lowest BCUT2D eigenvalue weighted by atomic mass is 9.72. The van der Waals surface area contributed by atoms with Crippen molar-refractivity contribution in [1.29, 1.82) is 0 Å². The first-order valence-electron chi connectivity index (χ1n) is 8.84. The third kappa shape index (κ3) is 3.78. The highest BCUT2D eigenvalue weighted by Gasteiger charge is 2.35. The van der Waals surface area contributed by atoms with Crippen LogP contribution in [0.5, 0.6) is 0 Å². The molecule has 5 heteroatoms. The number of carbonyl (C=O) groups excluding carboxylic acids is 2. The molecule has 136 valence electrons. The molecular formula is C21H24N2O3. The van der Waals surface area contributed by atoms with Gasteiger partial charge in [-0.3, -0.25) is 9.59 Å². The van der Waals surface area contributed by atoms with Crippen LogP contribution in [-0.2, 0) is 10.2 Å². The van der Waals surface area contributed by atoms with Crippen molar-refractivity contribution in [1.82, 2.24) is 5.32 Å². The lowest BCUT2D eigenvalue weighted by Gasteiger charge is -2.39. The molecule has 1 heterocycles. The molecule has 0 atom stereocenters. The maximum atomic E-state index is 12.6. The first-order valence-corrected chi connectivity index (χ1v) is 8.84. The molecule has 0 bridgehead atoms. The maximum absolute atomic E-state index is 12.6. The van der Waals surface area contributed by atoms with Crippen LogP contribution in [0.15, 0.2) is 48.5 Å². The van der Waals surface area contributed by atoms with E-state index < -0.39 is 5.91 Å². The summed E-state index contributed by atoms with van der Waals surface area (Å²) in [5.41, 5.74) is 8.53. The number of nitrogens with one attached hydrogen (secondary N) is 1. The molecule has 3 N–H and O–H groups in total. The van der Waals surface area contributed by atoms with Gasteiger partial charge in [-0.05, 0) is 55.2 Å². The Morgan fingerprint density at radius 1 is 1.04 bits per heavy atom. The van der Waals surface area contributed by atoms with Crippen molar-refractivity contribution in [2.24, 2.45) is 5.73 Å². The molecule has 1 aliphatic rings. The number of hydrogen-bond donors (Lipinski definition) is 2. The Bertz CT molecular complexity index is 793. The Morgan fingerprint density at radius 2 is 1.65 bits per heavy atom. The quantitative estimate of drug-likeness (QED) is 0.868. The minimum absolute atomic E-state index is 0.119. The fourth-order valence-corrected chi connectivity index (χ4v) is 3.61. The SMILES string of the molecule is Cc1ccccc1C1(CNC(=O)c2ccc(C(N)=O)cc2)CCOCC1. The molecule has 0 radical (unpaired) electrons. The topological polar surface area (TPSA) is 81.4 Å². The monoisotopic (exact) mass is 352 g/mol. The van der Waals surface area contributed by atoms with Gasteiger partial charge in [0.1, 0.15) is 0 Å². The molecule has 0 spiro atoms. The van der Waals surface area contributed by atoms with E-state index in [2.05, 4.69) is 24.4 Å². The molecule has 1 fully saturated rings. The molecule has 3 rings (SSSR count). The zero-order valence-electron chi connectivity index (χ0n) is 15.0. The molecule has 0 unspecified atom stereocenters. The summed E-state index contributed by atoms with van der Waals surface area (Å²) < 4.78 is 5.56. The van der Waals surface area contributed by atoms with Gasteiger partial charge in [0, 0.05) is 36.3 Å². The molecule has 0 aromatic heterocycles. The lowest BCUT2D eigenvalue weighted by Crippen LogP contribution is -2.45. The summed E-state index contributed by atoms with van der Waals surface area (Å²) in [4.78, 5) is 23.7. The van der Waals surface area contributed by atoms with Gasteiger partial charge in [-0.15, -0.1) is 0 Å². The average Bonchev–Trinajstić information content (AvgIpc) is 2.67. The van der Waals surface area contributed by atoms with Crippen LogP contribution >= 0.6 is 0 Å². The third-order valence-electron chi connectivity index (χ3n) is 5.19. The van der Waals surface area contributed by atoms with Crippen LogP contribution in [0.4, 0.5) is 0 Å². The van der Waals surface area contributed by atoms with Crippen molar-refractivity contribution in [2.45, 2.75) is 25.2 Å². The smallest absolute Gasteiger partial charge is 0.251 e.